The molecule has 7 nitrogen and oxygen atoms in total. The second kappa shape index (κ2) is 6.15. The first-order valence-electron chi connectivity index (χ1n) is 10.7. The second-order valence-electron chi connectivity index (χ2n) is 9.33. The van der Waals surface area contributed by atoms with Crippen LogP contribution in [0.15, 0.2) is 24.5 Å². The number of nitrogens with zero attached hydrogens (tertiary/aromatic N) is 5. The van der Waals surface area contributed by atoms with Gasteiger partial charge in [-0.15, -0.1) is 0 Å². The third-order valence-corrected chi connectivity index (χ3v) is 7.63. The Hall–Kier alpha value is -2.70. The molecule has 7 rings (SSSR count). The number of fused-ring (bicyclic) bond motifs is 1. The standard InChI is InChI=1S/C22H26N6O/c1-12-17(11-24-27(12)2)19-3-4-23-20-10-18(26-28(19)20)22(29)25-21-15-6-13-5-14(8-15)9-16(21)7-13/h3-4,10-11,13-16,21H,5-9H2,1-2H3,(H,25,29). The topological polar surface area (TPSA) is 77.1 Å². The van der Waals surface area contributed by atoms with Gasteiger partial charge in [0.25, 0.3) is 5.91 Å². The van der Waals surface area contributed by atoms with E-state index in [1.165, 1.54) is 32.1 Å². The van der Waals surface area contributed by atoms with Gasteiger partial charge in [-0.25, -0.2) is 9.50 Å². The molecule has 4 bridgehead atoms. The van der Waals surface area contributed by atoms with Gasteiger partial charge in [-0.2, -0.15) is 10.2 Å². The summed E-state index contributed by atoms with van der Waals surface area (Å²) in [4.78, 5) is 17.5. The van der Waals surface area contributed by atoms with Gasteiger partial charge in [0.2, 0.25) is 0 Å². The van der Waals surface area contributed by atoms with Gasteiger partial charge < -0.3 is 5.32 Å². The van der Waals surface area contributed by atoms with Crippen LogP contribution in [0.4, 0.5) is 0 Å². The molecule has 0 spiro atoms. The number of carbonyl (C=O) groups is 1. The molecule has 0 atom stereocenters. The number of amides is 1. The van der Waals surface area contributed by atoms with Crippen LogP contribution in [0.1, 0.15) is 48.3 Å². The molecule has 0 unspecified atom stereocenters. The van der Waals surface area contributed by atoms with Crippen molar-refractivity contribution in [2.75, 3.05) is 0 Å². The summed E-state index contributed by atoms with van der Waals surface area (Å²) in [7, 11) is 1.92. The van der Waals surface area contributed by atoms with E-state index in [0.717, 1.165) is 28.8 Å². The average Bonchev–Trinajstić information content (AvgIpc) is 3.28. The lowest BCUT2D eigenvalue weighted by molar-refractivity contribution is -0.0120. The van der Waals surface area contributed by atoms with Crippen LogP contribution in [0.3, 0.4) is 0 Å². The van der Waals surface area contributed by atoms with Crippen LogP contribution in [-0.2, 0) is 7.05 Å². The van der Waals surface area contributed by atoms with Crippen LogP contribution in [0.25, 0.3) is 16.9 Å². The lowest BCUT2D eigenvalue weighted by Gasteiger charge is -2.54. The van der Waals surface area contributed by atoms with Crippen molar-refractivity contribution in [1.29, 1.82) is 0 Å². The molecule has 4 saturated carbocycles. The minimum atomic E-state index is -0.0677. The molecule has 150 valence electrons. The van der Waals surface area contributed by atoms with Gasteiger partial charge in [0.15, 0.2) is 11.3 Å². The van der Waals surface area contributed by atoms with E-state index < -0.39 is 0 Å². The number of aryl methyl sites for hydroxylation is 1. The number of aromatic nitrogens is 5. The van der Waals surface area contributed by atoms with Crippen molar-refractivity contribution in [3.05, 3.63) is 35.9 Å². The van der Waals surface area contributed by atoms with E-state index in [1.807, 2.05) is 30.9 Å². The van der Waals surface area contributed by atoms with Crippen LogP contribution in [0, 0.1) is 30.6 Å². The number of hydrogen-bond acceptors (Lipinski definition) is 4. The van der Waals surface area contributed by atoms with Crippen LogP contribution >= 0.6 is 0 Å². The monoisotopic (exact) mass is 390 g/mol. The Morgan fingerprint density at radius 2 is 1.86 bits per heavy atom. The van der Waals surface area contributed by atoms with E-state index in [0.29, 0.717) is 29.2 Å². The molecule has 29 heavy (non-hydrogen) atoms. The van der Waals surface area contributed by atoms with Gasteiger partial charge in [0.05, 0.1) is 11.9 Å². The Labute approximate surface area is 169 Å². The Bertz CT molecular complexity index is 1080. The number of rotatable bonds is 3. The van der Waals surface area contributed by atoms with Crippen molar-refractivity contribution in [2.24, 2.45) is 30.7 Å². The third kappa shape index (κ3) is 2.63. The fourth-order valence-electron chi connectivity index (χ4n) is 6.35. The fourth-order valence-corrected chi connectivity index (χ4v) is 6.35. The van der Waals surface area contributed by atoms with E-state index in [4.69, 9.17) is 0 Å². The first kappa shape index (κ1) is 17.2. The molecule has 4 aliphatic carbocycles. The molecule has 4 fully saturated rings. The van der Waals surface area contributed by atoms with Crippen LogP contribution in [-0.4, -0.2) is 36.3 Å². The minimum Gasteiger partial charge on any atom is -0.347 e. The first-order valence-corrected chi connectivity index (χ1v) is 10.7. The number of hydrogen-bond donors (Lipinski definition) is 1. The Morgan fingerprint density at radius 1 is 1.14 bits per heavy atom. The maximum absolute atomic E-state index is 13.1. The van der Waals surface area contributed by atoms with Crippen molar-refractivity contribution < 1.29 is 4.79 Å². The summed E-state index contributed by atoms with van der Waals surface area (Å²) in [5.74, 6) is 3.03. The van der Waals surface area contributed by atoms with Gasteiger partial charge >= 0.3 is 0 Å². The van der Waals surface area contributed by atoms with Crippen LogP contribution < -0.4 is 5.32 Å². The van der Waals surface area contributed by atoms with Crippen LogP contribution in [0.5, 0.6) is 0 Å². The van der Waals surface area contributed by atoms with E-state index in [-0.39, 0.29) is 5.91 Å². The van der Waals surface area contributed by atoms with E-state index in [2.05, 4.69) is 20.5 Å². The fraction of sp³-hybridized carbons (Fsp3) is 0.545. The summed E-state index contributed by atoms with van der Waals surface area (Å²) in [6.45, 7) is 2.03. The molecule has 7 heteroatoms. The number of carbonyl (C=O) groups excluding carboxylic acids is 1. The molecule has 1 amide bonds. The zero-order chi connectivity index (χ0) is 19.7. The molecule has 0 aliphatic heterocycles. The van der Waals surface area contributed by atoms with Crippen molar-refractivity contribution in [3.63, 3.8) is 0 Å². The molecule has 1 N–H and O–H groups in total. The largest absolute Gasteiger partial charge is 0.347 e. The Kier molecular flexibility index (Phi) is 3.64. The zero-order valence-corrected chi connectivity index (χ0v) is 16.9. The van der Waals surface area contributed by atoms with E-state index in [9.17, 15) is 4.79 Å². The van der Waals surface area contributed by atoms with Gasteiger partial charge in [-0.1, -0.05) is 0 Å². The van der Waals surface area contributed by atoms with Gasteiger partial charge in [-0.05, 0) is 68.8 Å². The molecular weight excluding hydrogens is 364 g/mol. The maximum Gasteiger partial charge on any atom is 0.272 e. The van der Waals surface area contributed by atoms with E-state index >= 15 is 0 Å². The molecule has 4 aliphatic rings. The summed E-state index contributed by atoms with van der Waals surface area (Å²) in [6, 6.07) is 4.03. The van der Waals surface area contributed by atoms with Gasteiger partial charge in [0, 0.05) is 36.6 Å². The smallest absolute Gasteiger partial charge is 0.272 e. The quantitative estimate of drug-likeness (QED) is 0.746. The molecular formula is C22H26N6O. The summed E-state index contributed by atoms with van der Waals surface area (Å²) in [5, 5.41) is 12.3. The van der Waals surface area contributed by atoms with Gasteiger partial charge in [-0.3, -0.25) is 9.48 Å². The SMILES string of the molecule is Cc1c(-c2ccnc3cc(C(=O)NC4C5CC6CC(C5)CC4C6)nn23)cnn1C. The van der Waals surface area contributed by atoms with Gasteiger partial charge in [0.1, 0.15) is 0 Å². The lowest BCUT2D eigenvalue weighted by Crippen LogP contribution is -2.55. The molecule has 0 aromatic carbocycles. The van der Waals surface area contributed by atoms with Crippen molar-refractivity contribution in [3.8, 4) is 11.3 Å². The summed E-state index contributed by atoms with van der Waals surface area (Å²) in [5.41, 5.74) is 4.07. The lowest BCUT2D eigenvalue weighted by atomic mass is 9.54. The molecule has 0 saturated heterocycles. The predicted molar refractivity (Wildman–Crippen MR) is 108 cm³/mol. The van der Waals surface area contributed by atoms with Crippen LogP contribution in [0.2, 0.25) is 0 Å². The third-order valence-electron chi connectivity index (χ3n) is 7.63. The predicted octanol–water partition coefficient (Wildman–Crippen LogP) is 2.99. The maximum atomic E-state index is 13.1. The average molecular weight is 390 g/mol. The Morgan fingerprint density at radius 3 is 2.52 bits per heavy atom. The second-order valence-corrected chi connectivity index (χ2v) is 9.33. The Balaban J connectivity index is 1.30. The highest BCUT2D eigenvalue weighted by Crippen LogP contribution is 2.53. The normalized spacial score (nSPS) is 30.2. The molecule has 3 aromatic rings. The van der Waals surface area contributed by atoms with Crippen molar-refractivity contribution >= 4 is 11.6 Å². The van der Waals surface area contributed by atoms with Crippen molar-refractivity contribution in [1.82, 2.24) is 29.7 Å². The number of nitrogens with one attached hydrogen (secondary N) is 1. The van der Waals surface area contributed by atoms with E-state index in [1.54, 1.807) is 16.8 Å². The summed E-state index contributed by atoms with van der Waals surface area (Å²) >= 11 is 0. The highest BCUT2D eigenvalue weighted by atomic mass is 16.2. The van der Waals surface area contributed by atoms with Crippen molar-refractivity contribution in [2.45, 2.75) is 45.1 Å². The summed E-state index contributed by atoms with van der Waals surface area (Å²) < 4.78 is 3.60. The highest BCUT2D eigenvalue weighted by Gasteiger charge is 2.48. The summed E-state index contributed by atoms with van der Waals surface area (Å²) in [6.07, 6.45) is 10.2. The minimum absolute atomic E-state index is 0.0677. The zero-order valence-electron chi connectivity index (χ0n) is 16.9. The molecule has 3 aromatic heterocycles. The molecule has 0 radical (unpaired) electrons. The first-order chi connectivity index (χ1) is 14.1. The highest BCUT2D eigenvalue weighted by molar-refractivity contribution is 5.93. The molecule has 3 heterocycles.